The van der Waals surface area contributed by atoms with E-state index < -0.39 is 18.1 Å². The number of halogens is 4. The fourth-order valence-corrected chi connectivity index (χ4v) is 2.97. The van der Waals surface area contributed by atoms with Gasteiger partial charge in [-0.3, -0.25) is 0 Å². The Morgan fingerprint density at radius 2 is 1.60 bits per heavy atom. The van der Waals surface area contributed by atoms with Crippen molar-refractivity contribution in [3.8, 4) is 0 Å². The largest absolute Gasteiger partial charge is 0.462 e. The van der Waals surface area contributed by atoms with Crippen LogP contribution in [0.25, 0.3) is 11.0 Å². The molecule has 1 heterocycles. The Morgan fingerprint density at radius 3 is 2.23 bits per heavy atom. The third-order valence-corrected chi connectivity index (χ3v) is 4.88. The van der Waals surface area contributed by atoms with Crippen molar-refractivity contribution in [2.24, 2.45) is 0 Å². The standard InChI is InChI=1S/C22H26F4N2O2/c1-15(20(23)24)7-3-5-11-28-14-27-18-13-17(9-10-19(18)28)22(29)30-12-6-4-8-16(2)21(25)26/h9-10,13-14H,3-8,11-12H2,1-2H3. The van der Waals surface area contributed by atoms with Crippen molar-refractivity contribution in [1.29, 1.82) is 0 Å². The number of unbranched alkanes of at least 4 members (excludes halogenated alkanes) is 2. The van der Waals surface area contributed by atoms with Gasteiger partial charge in [-0.1, -0.05) is 0 Å². The van der Waals surface area contributed by atoms with E-state index in [1.54, 1.807) is 24.5 Å². The van der Waals surface area contributed by atoms with Crippen molar-refractivity contribution in [3.63, 3.8) is 0 Å². The number of allylic oxidation sites excluding steroid dienone is 2. The summed E-state index contributed by atoms with van der Waals surface area (Å²) in [5.41, 5.74) is 2.05. The quantitative estimate of drug-likeness (QED) is 0.224. The molecule has 1 aromatic carbocycles. The molecule has 0 aliphatic rings. The van der Waals surface area contributed by atoms with Crippen molar-refractivity contribution >= 4 is 17.0 Å². The van der Waals surface area contributed by atoms with Crippen LogP contribution in [0.5, 0.6) is 0 Å². The average Bonchev–Trinajstić information content (AvgIpc) is 3.12. The highest BCUT2D eigenvalue weighted by Crippen LogP contribution is 2.19. The molecule has 0 unspecified atom stereocenters. The van der Waals surface area contributed by atoms with Crippen LogP contribution >= 0.6 is 0 Å². The molecule has 2 rings (SSSR count). The van der Waals surface area contributed by atoms with Gasteiger partial charge in [-0.2, -0.15) is 17.6 Å². The number of carbonyl (C=O) groups excluding carboxylic acids is 1. The van der Waals surface area contributed by atoms with Crippen LogP contribution in [0.15, 0.2) is 47.8 Å². The highest BCUT2D eigenvalue weighted by Gasteiger charge is 2.11. The second kappa shape index (κ2) is 11.5. The van der Waals surface area contributed by atoms with Crippen molar-refractivity contribution in [2.45, 2.75) is 58.9 Å². The predicted molar refractivity (Wildman–Crippen MR) is 108 cm³/mol. The van der Waals surface area contributed by atoms with Crippen LogP contribution in [0.3, 0.4) is 0 Å². The van der Waals surface area contributed by atoms with E-state index in [1.165, 1.54) is 13.8 Å². The first kappa shape index (κ1) is 23.6. The first-order valence-corrected chi connectivity index (χ1v) is 9.93. The van der Waals surface area contributed by atoms with E-state index >= 15 is 0 Å². The number of rotatable bonds is 11. The van der Waals surface area contributed by atoms with E-state index in [2.05, 4.69) is 4.98 Å². The number of fused-ring (bicyclic) bond motifs is 1. The molecule has 0 spiro atoms. The Kier molecular flexibility index (Phi) is 9.08. The Hall–Kier alpha value is -2.64. The van der Waals surface area contributed by atoms with E-state index in [0.717, 1.165) is 11.9 Å². The van der Waals surface area contributed by atoms with Crippen molar-refractivity contribution in [2.75, 3.05) is 6.61 Å². The van der Waals surface area contributed by atoms with E-state index in [-0.39, 0.29) is 24.2 Å². The first-order chi connectivity index (χ1) is 14.3. The van der Waals surface area contributed by atoms with Gasteiger partial charge in [0, 0.05) is 6.54 Å². The fraction of sp³-hybridized carbons (Fsp3) is 0.455. The number of nitrogens with zero attached hydrogens (tertiary/aromatic N) is 2. The number of hydrogen-bond donors (Lipinski definition) is 0. The molecule has 164 valence electrons. The third kappa shape index (κ3) is 7.00. The van der Waals surface area contributed by atoms with Gasteiger partial charge < -0.3 is 9.30 Å². The van der Waals surface area contributed by atoms with Gasteiger partial charge in [0.25, 0.3) is 12.2 Å². The van der Waals surface area contributed by atoms with Gasteiger partial charge in [-0.05, 0) is 81.7 Å². The van der Waals surface area contributed by atoms with Crippen LogP contribution < -0.4 is 0 Å². The summed E-state index contributed by atoms with van der Waals surface area (Å²) < 4.78 is 56.6. The Bertz CT molecular complexity index is 926. The fourth-order valence-electron chi connectivity index (χ4n) is 2.97. The highest BCUT2D eigenvalue weighted by atomic mass is 19.3. The maximum Gasteiger partial charge on any atom is 0.338 e. The molecule has 4 nitrogen and oxygen atoms in total. The monoisotopic (exact) mass is 426 g/mol. The summed E-state index contributed by atoms with van der Waals surface area (Å²) >= 11 is 0. The molecule has 0 N–H and O–H groups in total. The Morgan fingerprint density at radius 1 is 0.967 bits per heavy atom. The molecule has 0 atom stereocenters. The number of aryl methyl sites for hydroxylation is 1. The van der Waals surface area contributed by atoms with Crippen LogP contribution in [-0.4, -0.2) is 22.1 Å². The summed E-state index contributed by atoms with van der Waals surface area (Å²) in [5, 5.41) is 0. The van der Waals surface area contributed by atoms with E-state index in [4.69, 9.17) is 4.74 Å². The lowest BCUT2D eigenvalue weighted by atomic mass is 10.1. The molecule has 2 aromatic rings. The summed E-state index contributed by atoms with van der Waals surface area (Å²) in [6.45, 7) is 3.64. The van der Waals surface area contributed by atoms with Gasteiger partial charge in [-0.25, -0.2) is 9.78 Å². The molecule has 30 heavy (non-hydrogen) atoms. The lowest BCUT2D eigenvalue weighted by Gasteiger charge is -2.07. The molecule has 0 radical (unpaired) electrons. The Labute approximate surface area is 173 Å². The second-order valence-electron chi connectivity index (χ2n) is 7.27. The zero-order chi connectivity index (χ0) is 22.1. The van der Waals surface area contributed by atoms with E-state index in [0.29, 0.717) is 43.3 Å². The van der Waals surface area contributed by atoms with Gasteiger partial charge in [0.1, 0.15) is 0 Å². The zero-order valence-corrected chi connectivity index (χ0v) is 17.2. The van der Waals surface area contributed by atoms with Crippen LogP contribution in [0, 0.1) is 0 Å². The third-order valence-electron chi connectivity index (χ3n) is 4.88. The smallest absolute Gasteiger partial charge is 0.338 e. The minimum absolute atomic E-state index is 0.0588. The highest BCUT2D eigenvalue weighted by molar-refractivity contribution is 5.93. The van der Waals surface area contributed by atoms with Gasteiger partial charge in [-0.15, -0.1) is 0 Å². The van der Waals surface area contributed by atoms with Crippen LogP contribution in [0.4, 0.5) is 17.6 Å². The molecule has 0 aliphatic heterocycles. The SMILES string of the molecule is CC(CCCCOC(=O)c1ccc2c(c1)ncn2CCCCC(C)=C(F)F)=C(F)F. The van der Waals surface area contributed by atoms with Gasteiger partial charge in [0.05, 0.1) is 29.5 Å². The lowest BCUT2D eigenvalue weighted by Crippen LogP contribution is -2.06. The first-order valence-electron chi connectivity index (χ1n) is 9.93. The van der Waals surface area contributed by atoms with E-state index in [9.17, 15) is 22.4 Å². The van der Waals surface area contributed by atoms with Crippen LogP contribution in [-0.2, 0) is 11.3 Å². The number of ether oxygens (including phenoxy) is 1. The topological polar surface area (TPSA) is 44.1 Å². The second-order valence-corrected chi connectivity index (χ2v) is 7.27. The van der Waals surface area contributed by atoms with Crippen molar-refractivity contribution in [1.82, 2.24) is 9.55 Å². The van der Waals surface area contributed by atoms with Gasteiger partial charge >= 0.3 is 5.97 Å². The van der Waals surface area contributed by atoms with E-state index in [1.807, 2.05) is 4.57 Å². The molecule has 0 saturated carbocycles. The maximum atomic E-state index is 12.4. The van der Waals surface area contributed by atoms with Crippen LogP contribution in [0.1, 0.15) is 62.7 Å². The number of benzene rings is 1. The minimum atomic E-state index is -1.65. The molecule has 0 fully saturated rings. The molecule has 1 aromatic heterocycles. The lowest BCUT2D eigenvalue weighted by molar-refractivity contribution is 0.0498. The molecular formula is C22H26F4N2O2. The maximum absolute atomic E-state index is 12.4. The summed E-state index contributed by atoms with van der Waals surface area (Å²) in [6.07, 6.45) is 1.47. The summed E-state index contributed by atoms with van der Waals surface area (Å²) in [5.74, 6) is -0.481. The zero-order valence-electron chi connectivity index (χ0n) is 17.2. The van der Waals surface area contributed by atoms with Gasteiger partial charge in [0.2, 0.25) is 0 Å². The van der Waals surface area contributed by atoms with Crippen LogP contribution in [0.2, 0.25) is 0 Å². The van der Waals surface area contributed by atoms with Gasteiger partial charge in [0.15, 0.2) is 0 Å². The summed E-state index contributed by atoms with van der Waals surface area (Å²) in [4.78, 5) is 16.5. The molecule has 0 aliphatic carbocycles. The minimum Gasteiger partial charge on any atom is -0.462 e. The molecule has 8 heteroatoms. The van der Waals surface area contributed by atoms with Crippen molar-refractivity contribution in [3.05, 3.63) is 53.4 Å². The number of carbonyl (C=O) groups is 1. The normalized spacial score (nSPS) is 10.9. The molecule has 0 amide bonds. The predicted octanol–water partition coefficient (Wildman–Crippen LogP) is 6.87. The molecule has 0 saturated heterocycles. The number of hydrogen-bond acceptors (Lipinski definition) is 3. The summed E-state index contributed by atoms with van der Waals surface area (Å²) in [7, 11) is 0. The number of esters is 1. The average molecular weight is 426 g/mol. The Balaban J connectivity index is 1.83. The molecular weight excluding hydrogens is 400 g/mol. The van der Waals surface area contributed by atoms with Crippen molar-refractivity contribution < 1.29 is 27.1 Å². The number of aromatic nitrogens is 2. The number of imidazole rings is 1. The summed E-state index contributed by atoms with van der Waals surface area (Å²) in [6, 6.07) is 5.08. The molecule has 0 bridgehead atoms.